The number of carbonyl (C=O) groups excluding carboxylic acids is 2. The van der Waals surface area contributed by atoms with Crippen molar-refractivity contribution in [3.8, 4) is 5.75 Å². The Labute approximate surface area is 197 Å². The third kappa shape index (κ3) is 7.32. The maximum Gasteiger partial charge on any atom is 0.325 e. The number of nitrogens with zero attached hydrogens (tertiary/aromatic N) is 1. The molecule has 178 valence electrons. The molecule has 2 aromatic rings. The first kappa shape index (κ1) is 24.8. The molecule has 0 radical (unpaired) electrons. The summed E-state index contributed by atoms with van der Waals surface area (Å²) in [6, 6.07) is 14.0. The number of aryl methyl sites for hydroxylation is 1. The maximum absolute atomic E-state index is 12.6. The fourth-order valence-electron chi connectivity index (χ4n) is 4.29. The van der Waals surface area contributed by atoms with Crippen LogP contribution in [0.25, 0.3) is 0 Å². The number of ketones is 1. The van der Waals surface area contributed by atoms with Gasteiger partial charge < -0.3 is 19.7 Å². The van der Waals surface area contributed by atoms with E-state index in [0.717, 1.165) is 74.3 Å². The summed E-state index contributed by atoms with van der Waals surface area (Å²) in [4.78, 5) is 26.4. The van der Waals surface area contributed by atoms with Crippen LogP contribution in [0.5, 0.6) is 5.75 Å². The second kappa shape index (κ2) is 13.0. The molecule has 0 unspecified atom stereocenters. The van der Waals surface area contributed by atoms with E-state index in [1.165, 1.54) is 5.56 Å². The topological polar surface area (TPSA) is 67.9 Å². The molecule has 6 nitrogen and oxygen atoms in total. The van der Waals surface area contributed by atoms with Crippen molar-refractivity contribution in [2.45, 2.75) is 45.4 Å². The van der Waals surface area contributed by atoms with Crippen molar-refractivity contribution in [3.05, 3.63) is 59.2 Å². The van der Waals surface area contributed by atoms with Gasteiger partial charge in [-0.25, -0.2) is 0 Å². The van der Waals surface area contributed by atoms with E-state index in [4.69, 9.17) is 9.47 Å². The molecule has 0 atom stereocenters. The lowest BCUT2D eigenvalue weighted by atomic mass is 10.0. The van der Waals surface area contributed by atoms with Gasteiger partial charge in [0.05, 0.1) is 13.7 Å². The zero-order valence-corrected chi connectivity index (χ0v) is 19.9. The number of rotatable bonds is 14. The van der Waals surface area contributed by atoms with Crippen molar-refractivity contribution in [2.75, 3.05) is 44.8 Å². The summed E-state index contributed by atoms with van der Waals surface area (Å²) in [6.07, 6.45) is 5.33. The first-order chi connectivity index (χ1) is 16.1. The van der Waals surface area contributed by atoms with Gasteiger partial charge in [0, 0.05) is 24.2 Å². The summed E-state index contributed by atoms with van der Waals surface area (Å²) in [5, 5.41) is 3.47. The Morgan fingerprint density at radius 2 is 1.88 bits per heavy atom. The summed E-state index contributed by atoms with van der Waals surface area (Å²) in [5.41, 5.74) is 4.20. The minimum absolute atomic E-state index is 0.192. The van der Waals surface area contributed by atoms with E-state index in [9.17, 15) is 9.59 Å². The van der Waals surface area contributed by atoms with E-state index in [1.54, 1.807) is 7.11 Å². The molecule has 0 bridgehead atoms. The van der Waals surface area contributed by atoms with Gasteiger partial charge in [-0.1, -0.05) is 18.2 Å². The van der Waals surface area contributed by atoms with Crippen molar-refractivity contribution in [3.63, 3.8) is 0 Å². The Kier molecular flexibility index (Phi) is 9.76. The maximum atomic E-state index is 12.6. The van der Waals surface area contributed by atoms with Gasteiger partial charge in [-0.2, -0.15) is 0 Å². The number of benzene rings is 2. The summed E-state index contributed by atoms with van der Waals surface area (Å²) >= 11 is 0. The minimum atomic E-state index is -0.209. The van der Waals surface area contributed by atoms with E-state index in [-0.39, 0.29) is 18.3 Å². The van der Waals surface area contributed by atoms with Crippen LogP contribution in [0.1, 0.15) is 54.1 Å². The van der Waals surface area contributed by atoms with Crippen molar-refractivity contribution < 1.29 is 19.1 Å². The molecule has 0 saturated carbocycles. The zero-order chi connectivity index (χ0) is 23.5. The lowest BCUT2D eigenvalue weighted by molar-refractivity contribution is -0.141. The summed E-state index contributed by atoms with van der Waals surface area (Å²) in [7, 11) is 1.71. The Bertz CT molecular complexity index is 928. The highest BCUT2D eigenvalue weighted by Crippen LogP contribution is 2.29. The average molecular weight is 453 g/mol. The van der Waals surface area contributed by atoms with Crippen molar-refractivity contribution in [1.29, 1.82) is 0 Å². The van der Waals surface area contributed by atoms with Gasteiger partial charge in [-0.15, -0.1) is 0 Å². The highest BCUT2D eigenvalue weighted by atomic mass is 16.5. The van der Waals surface area contributed by atoms with Gasteiger partial charge in [-0.05, 0) is 87.5 Å². The van der Waals surface area contributed by atoms with Crippen LogP contribution < -0.4 is 15.0 Å². The second-order valence-electron chi connectivity index (χ2n) is 8.37. The number of methoxy groups -OCH3 is 1. The first-order valence-corrected chi connectivity index (χ1v) is 12.0. The number of hydrogen-bond donors (Lipinski definition) is 1. The number of Topliss-reactive ketones (excluding diaryl/α,β-unsaturated/α-hetero) is 1. The molecular weight excluding hydrogens is 416 g/mol. The fourth-order valence-corrected chi connectivity index (χ4v) is 4.29. The Hall–Kier alpha value is -2.86. The Balaban J connectivity index is 1.32. The second-order valence-corrected chi connectivity index (χ2v) is 8.37. The molecule has 0 saturated heterocycles. The molecule has 1 heterocycles. The molecule has 0 aromatic heterocycles. The molecule has 3 rings (SSSR count). The molecule has 0 spiro atoms. The Morgan fingerprint density at radius 1 is 1.06 bits per heavy atom. The number of esters is 1. The van der Waals surface area contributed by atoms with Gasteiger partial charge in [-0.3, -0.25) is 9.59 Å². The van der Waals surface area contributed by atoms with Crippen LogP contribution in [0.3, 0.4) is 0 Å². The van der Waals surface area contributed by atoms with Crippen LogP contribution in [0, 0.1) is 0 Å². The molecule has 0 amide bonds. The number of anilines is 1. The number of hydrogen-bond acceptors (Lipinski definition) is 6. The lowest BCUT2D eigenvalue weighted by Gasteiger charge is -2.18. The molecule has 6 heteroatoms. The monoisotopic (exact) mass is 452 g/mol. The van der Waals surface area contributed by atoms with Crippen LogP contribution in [0.2, 0.25) is 0 Å². The molecule has 2 aromatic carbocycles. The summed E-state index contributed by atoms with van der Waals surface area (Å²) < 4.78 is 10.4. The van der Waals surface area contributed by atoms with Crippen LogP contribution in [0.15, 0.2) is 42.5 Å². The number of ether oxygens (including phenoxy) is 2. The highest BCUT2D eigenvalue weighted by molar-refractivity contribution is 5.97. The number of para-hydroxylation sites is 1. The fraction of sp³-hybridized carbons (Fsp3) is 0.481. The van der Waals surface area contributed by atoms with Crippen molar-refractivity contribution >= 4 is 17.4 Å². The third-order valence-electron chi connectivity index (χ3n) is 6.02. The predicted molar refractivity (Wildman–Crippen MR) is 131 cm³/mol. The van der Waals surface area contributed by atoms with Gasteiger partial charge in [0.25, 0.3) is 0 Å². The van der Waals surface area contributed by atoms with Gasteiger partial charge in [0.2, 0.25) is 0 Å². The normalized spacial score (nSPS) is 12.5. The number of carbonyl (C=O) groups is 2. The molecule has 33 heavy (non-hydrogen) atoms. The van der Waals surface area contributed by atoms with E-state index in [0.29, 0.717) is 13.0 Å². The van der Waals surface area contributed by atoms with Crippen LogP contribution in [-0.4, -0.2) is 51.6 Å². The molecule has 1 aliphatic heterocycles. The highest BCUT2D eigenvalue weighted by Gasteiger charge is 2.22. The largest absolute Gasteiger partial charge is 0.496 e. The van der Waals surface area contributed by atoms with E-state index < -0.39 is 0 Å². The Morgan fingerprint density at radius 3 is 2.70 bits per heavy atom. The van der Waals surface area contributed by atoms with Crippen LogP contribution >= 0.6 is 0 Å². The lowest BCUT2D eigenvalue weighted by Crippen LogP contribution is -2.29. The van der Waals surface area contributed by atoms with Gasteiger partial charge in [0.15, 0.2) is 5.78 Å². The average Bonchev–Trinajstić information content (AvgIpc) is 3.22. The van der Waals surface area contributed by atoms with E-state index in [1.807, 2.05) is 48.2 Å². The predicted octanol–water partition coefficient (Wildman–Crippen LogP) is 4.20. The van der Waals surface area contributed by atoms with Gasteiger partial charge in [0.1, 0.15) is 12.3 Å². The van der Waals surface area contributed by atoms with Gasteiger partial charge >= 0.3 is 5.97 Å². The molecule has 1 aliphatic rings. The van der Waals surface area contributed by atoms with Crippen molar-refractivity contribution in [2.24, 2.45) is 0 Å². The summed E-state index contributed by atoms with van der Waals surface area (Å²) in [6.45, 7) is 5.14. The zero-order valence-electron chi connectivity index (χ0n) is 19.9. The van der Waals surface area contributed by atoms with Crippen LogP contribution in [0.4, 0.5) is 5.69 Å². The number of nitrogens with one attached hydrogen (secondary N) is 1. The van der Waals surface area contributed by atoms with Crippen LogP contribution in [-0.2, 0) is 22.4 Å². The third-order valence-corrected chi connectivity index (χ3v) is 6.02. The quantitative estimate of drug-likeness (QED) is 0.263. The molecular formula is C27H36N2O4. The summed E-state index contributed by atoms with van der Waals surface area (Å²) in [5.74, 6) is 0.936. The SMILES string of the molecule is CCOC(=O)CN1CCc2cc(C(=O)CCCCNCCCc3ccccc3OC)ccc21. The van der Waals surface area contributed by atoms with E-state index in [2.05, 4.69) is 11.4 Å². The number of unbranched alkanes of at least 4 members (excludes halogenated alkanes) is 1. The molecule has 0 fully saturated rings. The van der Waals surface area contributed by atoms with Crippen molar-refractivity contribution in [1.82, 2.24) is 5.32 Å². The smallest absolute Gasteiger partial charge is 0.325 e. The first-order valence-electron chi connectivity index (χ1n) is 12.0. The molecule has 0 aliphatic carbocycles. The minimum Gasteiger partial charge on any atom is -0.496 e. The number of fused-ring (bicyclic) bond motifs is 1. The molecule has 1 N–H and O–H groups in total. The van der Waals surface area contributed by atoms with E-state index >= 15 is 0 Å². The standard InChI is InChI=1S/C27H36N2O4/c1-3-33-27(31)20-29-18-15-22-19-23(13-14-24(22)29)25(30)11-6-7-16-28-17-8-10-21-9-4-5-12-26(21)32-2/h4-5,9,12-14,19,28H,3,6-8,10-11,15-18,20H2,1-2H3.